The van der Waals surface area contributed by atoms with E-state index in [2.05, 4.69) is 9.72 Å². The summed E-state index contributed by atoms with van der Waals surface area (Å²) in [7, 11) is 1.13. The van der Waals surface area contributed by atoms with Crippen LogP contribution in [0.3, 0.4) is 0 Å². The average Bonchev–Trinajstić information content (AvgIpc) is 2.04. The summed E-state index contributed by atoms with van der Waals surface area (Å²) in [6.45, 7) is 0. The molecule has 72 valence electrons. The van der Waals surface area contributed by atoms with Crippen LogP contribution in [0.5, 0.6) is 11.6 Å². The molecule has 1 heterocycles. The monoisotopic (exact) mass is 193 g/mol. The number of hydrogen-bond acceptors (Lipinski definition) is 3. The molecule has 1 aromatic rings. The zero-order chi connectivity index (χ0) is 10.0. The van der Waals surface area contributed by atoms with Crippen molar-refractivity contribution in [2.75, 3.05) is 7.11 Å². The highest BCUT2D eigenvalue weighted by Crippen LogP contribution is 2.35. The molecule has 6 heteroatoms. The number of ether oxygens (including phenoxy) is 1. The number of alkyl halides is 2. The first-order valence-electron chi connectivity index (χ1n) is 3.27. The first kappa shape index (κ1) is 9.63. The maximum atomic E-state index is 12.7. The third-order valence-corrected chi connectivity index (χ3v) is 1.42. The number of aromatic nitrogens is 1. The van der Waals surface area contributed by atoms with Gasteiger partial charge in [-0.1, -0.05) is 0 Å². The molecule has 0 saturated heterocycles. The van der Waals surface area contributed by atoms with Gasteiger partial charge in [-0.2, -0.15) is 0 Å². The van der Waals surface area contributed by atoms with Gasteiger partial charge in [0, 0.05) is 0 Å². The molecule has 3 nitrogen and oxygen atoms in total. The molecule has 0 amide bonds. The van der Waals surface area contributed by atoms with Crippen LogP contribution in [0.15, 0.2) is 6.20 Å². The fraction of sp³-hybridized carbons (Fsp3) is 0.286. The number of nitrogens with zero attached hydrogens (tertiary/aromatic N) is 1. The lowest BCUT2D eigenvalue weighted by Crippen LogP contribution is -1.97. The van der Waals surface area contributed by atoms with Gasteiger partial charge in [-0.05, 0) is 0 Å². The van der Waals surface area contributed by atoms with Crippen molar-refractivity contribution in [1.82, 2.24) is 4.98 Å². The topological polar surface area (TPSA) is 42.4 Å². The number of methoxy groups -OCH3 is 1. The molecule has 0 unspecified atom stereocenters. The molecular formula is C7H6F3NO2. The molecule has 0 spiro atoms. The van der Waals surface area contributed by atoms with Gasteiger partial charge in [0.25, 0.3) is 12.3 Å². The van der Waals surface area contributed by atoms with Gasteiger partial charge in [0.05, 0.1) is 13.3 Å². The Hall–Kier alpha value is -1.46. The van der Waals surface area contributed by atoms with E-state index < -0.39 is 29.4 Å². The molecular weight excluding hydrogens is 187 g/mol. The standard InChI is InChI=1S/C7H6F3NO2/c1-13-7-5(12)4(6(9)10)3(8)2-11-7/h2,6,12H,1H3. The minimum Gasteiger partial charge on any atom is -0.503 e. The van der Waals surface area contributed by atoms with Crippen LogP contribution in [0.2, 0.25) is 0 Å². The smallest absolute Gasteiger partial charge is 0.270 e. The van der Waals surface area contributed by atoms with Crippen LogP contribution < -0.4 is 4.74 Å². The number of rotatable bonds is 2. The molecule has 0 aliphatic rings. The molecule has 0 atom stereocenters. The Bertz CT molecular complexity index is 317. The zero-order valence-corrected chi connectivity index (χ0v) is 6.59. The predicted octanol–water partition coefficient (Wildman–Crippen LogP) is 1.87. The van der Waals surface area contributed by atoms with Gasteiger partial charge in [-0.3, -0.25) is 0 Å². The Balaban J connectivity index is 3.30. The van der Waals surface area contributed by atoms with E-state index in [0.29, 0.717) is 6.20 Å². The van der Waals surface area contributed by atoms with E-state index in [1.54, 1.807) is 0 Å². The SMILES string of the molecule is COc1ncc(F)c(C(F)F)c1O. The number of pyridine rings is 1. The first-order chi connectivity index (χ1) is 6.07. The van der Waals surface area contributed by atoms with Gasteiger partial charge < -0.3 is 9.84 Å². The first-order valence-corrected chi connectivity index (χ1v) is 3.27. The summed E-state index contributed by atoms with van der Waals surface area (Å²) < 4.78 is 41.3. The summed E-state index contributed by atoms with van der Waals surface area (Å²) >= 11 is 0. The maximum absolute atomic E-state index is 12.7. The minimum absolute atomic E-state index is 0.420. The summed E-state index contributed by atoms with van der Waals surface area (Å²) in [6, 6.07) is 0. The van der Waals surface area contributed by atoms with Gasteiger partial charge in [-0.25, -0.2) is 18.2 Å². The molecule has 13 heavy (non-hydrogen) atoms. The Labute approximate surface area is 71.8 Å². The largest absolute Gasteiger partial charge is 0.503 e. The molecule has 1 aromatic heterocycles. The van der Waals surface area contributed by atoms with E-state index in [4.69, 9.17) is 5.11 Å². The van der Waals surface area contributed by atoms with Crippen molar-refractivity contribution in [3.05, 3.63) is 17.6 Å². The summed E-state index contributed by atoms with van der Waals surface area (Å²) in [5.74, 6) is -2.64. The van der Waals surface area contributed by atoms with E-state index in [9.17, 15) is 13.2 Å². The second-order valence-electron chi connectivity index (χ2n) is 2.18. The van der Waals surface area contributed by atoms with Crippen LogP contribution in [0, 0.1) is 5.82 Å². The lowest BCUT2D eigenvalue weighted by molar-refractivity contribution is 0.140. The van der Waals surface area contributed by atoms with Gasteiger partial charge >= 0.3 is 0 Å². The molecule has 0 fully saturated rings. The van der Waals surface area contributed by atoms with E-state index in [-0.39, 0.29) is 0 Å². The van der Waals surface area contributed by atoms with Crippen molar-refractivity contribution in [3.8, 4) is 11.6 Å². The van der Waals surface area contributed by atoms with Crippen molar-refractivity contribution in [3.63, 3.8) is 0 Å². The number of halogens is 3. The van der Waals surface area contributed by atoms with Crippen LogP contribution in [0.4, 0.5) is 13.2 Å². The highest BCUT2D eigenvalue weighted by molar-refractivity contribution is 5.41. The zero-order valence-electron chi connectivity index (χ0n) is 6.59. The summed E-state index contributed by atoms with van der Waals surface area (Å²) in [5.41, 5.74) is -1.09. The Morgan fingerprint density at radius 3 is 2.62 bits per heavy atom. The lowest BCUT2D eigenvalue weighted by atomic mass is 10.2. The van der Waals surface area contributed by atoms with Crippen molar-refractivity contribution in [1.29, 1.82) is 0 Å². The third kappa shape index (κ3) is 1.66. The fourth-order valence-electron chi connectivity index (χ4n) is 0.831. The summed E-state index contributed by atoms with van der Waals surface area (Å²) in [6.07, 6.45) is -2.53. The van der Waals surface area contributed by atoms with Crippen LogP contribution in [-0.2, 0) is 0 Å². The Morgan fingerprint density at radius 2 is 2.15 bits per heavy atom. The molecule has 0 aliphatic carbocycles. The van der Waals surface area contributed by atoms with E-state index in [1.807, 2.05) is 0 Å². The maximum Gasteiger partial charge on any atom is 0.270 e. The molecule has 1 rings (SSSR count). The van der Waals surface area contributed by atoms with Crippen molar-refractivity contribution in [2.24, 2.45) is 0 Å². The quantitative estimate of drug-likeness (QED) is 0.779. The highest BCUT2D eigenvalue weighted by atomic mass is 19.3. The molecule has 0 saturated carbocycles. The van der Waals surface area contributed by atoms with Gasteiger partial charge in [0.1, 0.15) is 5.56 Å². The summed E-state index contributed by atoms with van der Waals surface area (Å²) in [4.78, 5) is 3.26. The van der Waals surface area contributed by atoms with Gasteiger partial charge in [-0.15, -0.1) is 0 Å². The molecule has 0 aliphatic heterocycles. The van der Waals surface area contributed by atoms with E-state index in [0.717, 1.165) is 7.11 Å². The molecule has 1 N–H and O–H groups in total. The van der Waals surface area contributed by atoms with Crippen molar-refractivity contribution in [2.45, 2.75) is 6.43 Å². The predicted molar refractivity (Wildman–Crippen MR) is 37.4 cm³/mol. The summed E-state index contributed by atoms with van der Waals surface area (Å²) in [5, 5.41) is 9.03. The number of hydrogen-bond donors (Lipinski definition) is 1. The second kappa shape index (κ2) is 3.51. The average molecular weight is 193 g/mol. The highest BCUT2D eigenvalue weighted by Gasteiger charge is 2.22. The van der Waals surface area contributed by atoms with E-state index in [1.165, 1.54) is 0 Å². The van der Waals surface area contributed by atoms with Crippen LogP contribution >= 0.6 is 0 Å². The number of aromatic hydroxyl groups is 1. The Morgan fingerprint density at radius 1 is 1.54 bits per heavy atom. The van der Waals surface area contributed by atoms with Gasteiger partial charge in [0.2, 0.25) is 0 Å². The van der Waals surface area contributed by atoms with Crippen molar-refractivity contribution >= 4 is 0 Å². The van der Waals surface area contributed by atoms with Crippen molar-refractivity contribution < 1.29 is 23.0 Å². The molecule has 0 radical (unpaired) electrons. The fourth-order valence-corrected chi connectivity index (χ4v) is 0.831. The third-order valence-electron chi connectivity index (χ3n) is 1.42. The Kier molecular flexibility index (Phi) is 2.60. The van der Waals surface area contributed by atoms with E-state index >= 15 is 0 Å². The minimum atomic E-state index is -3.10. The molecule has 0 bridgehead atoms. The lowest BCUT2D eigenvalue weighted by Gasteiger charge is -2.07. The normalized spacial score (nSPS) is 10.5. The molecule has 0 aromatic carbocycles. The van der Waals surface area contributed by atoms with Crippen LogP contribution in [0.1, 0.15) is 12.0 Å². The van der Waals surface area contributed by atoms with Gasteiger partial charge in [0.15, 0.2) is 11.6 Å². The van der Waals surface area contributed by atoms with Crippen LogP contribution in [-0.4, -0.2) is 17.2 Å². The van der Waals surface area contributed by atoms with Crippen LogP contribution in [0.25, 0.3) is 0 Å². The second-order valence-corrected chi connectivity index (χ2v) is 2.18.